The van der Waals surface area contributed by atoms with E-state index in [4.69, 9.17) is 19.7 Å². The van der Waals surface area contributed by atoms with E-state index >= 15 is 0 Å². The van der Waals surface area contributed by atoms with Crippen LogP contribution in [-0.4, -0.2) is 36.2 Å². The highest BCUT2D eigenvalue weighted by molar-refractivity contribution is 5.96. The number of carbonyl (C=O) groups excluding carboxylic acids is 1. The fourth-order valence-electron chi connectivity index (χ4n) is 5.38. The van der Waals surface area contributed by atoms with E-state index in [-0.39, 0.29) is 11.9 Å². The van der Waals surface area contributed by atoms with Gasteiger partial charge in [0.2, 0.25) is 6.10 Å². The van der Waals surface area contributed by atoms with Crippen molar-refractivity contribution in [1.82, 2.24) is 5.32 Å². The number of rotatable bonds is 12. The lowest BCUT2D eigenvalue weighted by Gasteiger charge is -2.21. The van der Waals surface area contributed by atoms with Gasteiger partial charge in [-0.3, -0.25) is 4.79 Å². The molecule has 45 heavy (non-hydrogen) atoms. The highest BCUT2D eigenvalue weighted by Crippen LogP contribution is 2.34. The van der Waals surface area contributed by atoms with Crippen LogP contribution in [0.4, 0.5) is 11.4 Å². The number of nitrogens with zero attached hydrogens (tertiary/aromatic N) is 1. The molecule has 1 aliphatic carbocycles. The van der Waals surface area contributed by atoms with Gasteiger partial charge in [0, 0.05) is 28.8 Å². The highest BCUT2D eigenvalue weighted by Gasteiger charge is 2.25. The number of benzene rings is 3. The van der Waals surface area contributed by atoms with Gasteiger partial charge in [0.05, 0.1) is 0 Å². The molecule has 2 unspecified atom stereocenters. The van der Waals surface area contributed by atoms with E-state index in [9.17, 15) is 14.7 Å². The average Bonchev–Trinajstić information content (AvgIpc) is 3.06. The molecule has 0 bridgehead atoms. The number of carboxylic acid groups (broad SMARTS) is 1. The maximum atomic E-state index is 13.0. The molecule has 232 valence electrons. The SMILES string of the molecule is C=CC=CC1=CC(NC(=O)c2ccc([NH2+]Cc3cc(OC(C(=O)O)c4ccc5c(c4)OCCO5)ccc3C)c(N=N)c2)CCC1. The second kappa shape index (κ2) is 14.5. The smallest absolute Gasteiger partial charge is 0.349 e. The molecule has 0 saturated carbocycles. The van der Waals surface area contributed by atoms with E-state index in [1.165, 1.54) is 5.57 Å². The summed E-state index contributed by atoms with van der Waals surface area (Å²) >= 11 is 0. The molecular weight excluding hydrogens is 572 g/mol. The number of amides is 1. The number of aliphatic carboxylic acids is 1. The predicted octanol–water partition coefficient (Wildman–Crippen LogP) is 5.98. The number of hydrogen-bond acceptors (Lipinski definition) is 7. The second-order valence-corrected chi connectivity index (χ2v) is 10.9. The standard InChI is InChI=1S/C35H36N4O6/c1-3-4-6-23-7-5-8-27(17-23)38-34(40)25-10-13-29(30(19-25)39-36)37-21-26-18-28(12-9-22(26)2)45-33(35(41)42)24-11-14-31-32(20-24)44-16-15-43-31/h3-4,6,9-14,17-20,27,33,36-37H,1,5,7-8,15-16,21H2,2H3,(H,38,40)(H,41,42)/p+1. The number of carbonyl (C=O) groups is 2. The molecule has 5 rings (SSSR count). The number of hydrogen-bond donors (Lipinski definition) is 4. The maximum Gasteiger partial charge on any atom is 0.349 e. The van der Waals surface area contributed by atoms with Crippen LogP contribution in [0.5, 0.6) is 17.2 Å². The van der Waals surface area contributed by atoms with Crippen LogP contribution in [0.15, 0.2) is 96.2 Å². The molecular formula is C35H37N4O6+. The van der Waals surface area contributed by atoms with Crippen molar-refractivity contribution in [1.29, 1.82) is 5.53 Å². The summed E-state index contributed by atoms with van der Waals surface area (Å²) in [6, 6.07) is 15.5. The van der Waals surface area contributed by atoms with Crippen molar-refractivity contribution in [3.8, 4) is 17.2 Å². The molecule has 2 atom stereocenters. The Morgan fingerprint density at radius 2 is 1.98 bits per heavy atom. The minimum absolute atomic E-state index is 0.0638. The third kappa shape index (κ3) is 7.84. The van der Waals surface area contributed by atoms with E-state index in [0.717, 1.165) is 30.4 Å². The van der Waals surface area contributed by atoms with Gasteiger partial charge < -0.3 is 30.0 Å². The summed E-state index contributed by atoms with van der Waals surface area (Å²) in [5, 5.41) is 18.6. The molecule has 2 aliphatic rings. The molecule has 0 saturated heterocycles. The lowest BCUT2D eigenvalue weighted by atomic mass is 9.95. The largest absolute Gasteiger partial charge is 0.486 e. The molecule has 1 aliphatic heterocycles. The number of quaternary nitrogens is 1. The lowest BCUT2D eigenvalue weighted by molar-refractivity contribution is -0.588. The number of aryl methyl sites for hydroxylation is 1. The van der Waals surface area contributed by atoms with Crippen LogP contribution in [0.1, 0.15) is 52.4 Å². The number of ether oxygens (including phenoxy) is 3. The van der Waals surface area contributed by atoms with Gasteiger partial charge in [0.15, 0.2) is 17.2 Å². The third-order valence-electron chi connectivity index (χ3n) is 7.78. The Balaban J connectivity index is 1.26. The van der Waals surface area contributed by atoms with E-state index < -0.39 is 12.1 Å². The van der Waals surface area contributed by atoms with E-state index in [0.29, 0.717) is 59.5 Å². The fraction of sp³-hybridized carbons (Fsp3) is 0.257. The first-order valence-electron chi connectivity index (χ1n) is 14.9. The Morgan fingerprint density at radius 3 is 2.76 bits per heavy atom. The lowest BCUT2D eigenvalue weighted by Crippen LogP contribution is -2.76. The first kappa shape index (κ1) is 31.2. The molecule has 0 aromatic heterocycles. The van der Waals surface area contributed by atoms with E-state index in [1.54, 1.807) is 48.5 Å². The molecule has 0 radical (unpaired) electrons. The van der Waals surface area contributed by atoms with Crippen molar-refractivity contribution in [3.05, 3.63) is 113 Å². The quantitative estimate of drug-likeness (QED) is 0.113. The Morgan fingerprint density at radius 1 is 1.16 bits per heavy atom. The summed E-state index contributed by atoms with van der Waals surface area (Å²) in [7, 11) is 0. The van der Waals surface area contributed by atoms with Gasteiger partial charge in [0.25, 0.3) is 5.91 Å². The Kier molecular flexibility index (Phi) is 10.1. The summed E-state index contributed by atoms with van der Waals surface area (Å²) in [5.41, 5.74) is 12.8. The zero-order chi connectivity index (χ0) is 31.8. The molecule has 1 amide bonds. The number of allylic oxidation sites excluding steroid dienone is 4. The van der Waals surface area contributed by atoms with Gasteiger partial charge in [-0.1, -0.05) is 43.0 Å². The normalized spacial score (nSPS) is 16.4. The van der Waals surface area contributed by atoms with Gasteiger partial charge in [-0.2, -0.15) is 5.11 Å². The predicted molar refractivity (Wildman–Crippen MR) is 169 cm³/mol. The van der Waals surface area contributed by atoms with Crippen LogP contribution in [0.25, 0.3) is 0 Å². The van der Waals surface area contributed by atoms with Crippen LogP contribution < -0.4 is 24.8 Å². The molecule has 3 aromatic rings. The summed E-state index contributed by atoms with van der Waals surface area (Å²) in [5.74, 6) is 0.124. The Hall–Kier alpha value is -5.22. The van der Waals surface area contributed by atoms with Gasteiger partial charge in [-0.15, -0.1) is 0 Å². The van der Waals surface area contributed by atoms with E-state index in [2.05, 4.69) is 23.1 Å². The zero-order valence-corrected chi connectivity index (χ0v) is 25.1. The second-order valence-electron chi connectivity index (χ2n) is 10.9. The highest BCUT2D eigenvalue weighted by atomic mass is 16.6. The van der Waals surface area contributed by atoms with Crippen molar-refractivity contribution in [2.24, 2.45) is 5.11 Å². The molecule has 0 spiro atoms. The average molecular weight is 610 g/mol. The first-order valence-corrected chi connectivity index (χ1v) is 14.9. The summed E-state index contributed by atoms with van der Waals surface area (Å²) in [6.45, 7) is 6.99. The minimum Gasteiger partial charge on any atom is -0.486 e. The van der Waals surface area contributed by atoms with Crippen LogP contribution in [0.3, 0.4) is 0 Å². The van der Waals surface area contributed by atoms with Crippen molar-refractivity contribution in [2.45, 2.75) is 44.9 Å². The topological polar surface area (TPSA) is 147 Å². The number of nitrogens with one attached hydrogen (secondary N) is 2. The molecule has 10 heteroatoms. The van der Waals surface area contributed by atoms with Crippen LogP contribution in [0.2, 0.25) is 0 Å². The first-order chi connectivity index (χ1) is 21.8. The Labute approximate surface area is 261 Å². The summed E-state index contributed by atoms with van der Waals surface area (Å²) in [6.07, 6.45) is 9.30. The maximum absolute atomic E-state index is 13.0. The van der Waals surface area contributed by atoms with E-state index in [1.807, 2.05) is 36.5 Å². The van der Waals surface area contributed by atoms with Crippen LogP contribution in [-0.2, 0) is 11.3 Å². The Bertz CT molecular complexity index is 1660. The molecule has 1 heterocycles. The number of carboxylic acids is 1. The third-order valence-corrected chi connectivity index (χ3v) is 7.78. The van der Waals surface area contributed by atoms with Crippen LogP contribution >= 0.6 is 0 Å². The van der Waals surface area contributed by atoms with Crippen molar-refractivity contribution < 1.29 is 34.2 Å². The monoisotopic (exact) mass is 609 g/mol. The molecule has 0 fully saturated rings. The zero-order valence-electron chi connectivity index (χ0n) is 25.1. The van der Waals surface area contributed by atoms with Crippen molar-refractivity contribution in [3.63, 3.8) is 0 Å². The van der Waals surface area contributed by atoms with Crippen molar-refractivity contribution >= 4 is 23.3 Å². The number of nitrogens with two attached hydrogens (primary N) is 1. The molecule has 5 N–H and O–H groups in total. The van der Waals surface area contributed by atoms with Gasteiger partial charge in [-0.05, 0) is 73.7 Å². The summed E-state index contributed by atoms with van der Waals surface area (Å²) in [4.78, 5) is 25.2. The van der Waals surface area contributed by atoms with Gasteiger partial charge in [0.1, 0.15) is 31.2 Å². The van der Waals surface area contributed by atoms with Gasteiger partial charge >= 0.3 is 5.97 Å². The fourth-order valence-corrected chi connectivity index (χ4v) is 5.38. The summed E-state index contributed by atoms with van der Waals surface area (Å²) < 4.78 is 17.1. The molecule has 10 nitrogen and oxygen atoms in total. The number of fused-ring (bicyclic) bond motifs is 1. The van der Waals surface area contributed by atoms with Crippen molar-refractivity contribution in [2.75, 3.05) is 13.2 Å². The van der Waals surface area contributed by atoms with Crippen LogP contribution in [0, 0.1) is 12.5 Å². The molecule has 3 aromatic carbocycles. The van der Waals surface area contributed by atoms with Gasteiger partial charge in [-0.25, -0.2) is 10.3 Å². The minimum atomic E-state index is -1.24.